The van der Waals surface area contributed by atoms with Gasteiger partial charge in [0.05, 0.1) is 18.8 Å². The molecule has 0 aliphatic rings. The van der Waals surface area contributed by atoms with Crippen molar-refractivity contribution in [2.45, 2.75) is 33.4 Å². The maximum Gasteiger partial charge on any atom is 0.167 e. The zero-order chi connectivity index (χ0) is 14.5. The molecule has 2 aromatic rings. The first kappa shape index (κ1) is 14.6. The third-order valence-electron chi connectivity index (χ3n) is 3.24. The zero-order valence-corrected chi connectivity index (χ0v) is 12.9. The number of thiocarbonyl (C=S) groups is 1. The number of aryl methyl sites for hydroxylation is 2. The molecule has 0 saturated heterocycles. The van der Waals surface area contributed by atoms with Crippen LogP contribution in [0.15, 0.2) is 41.0 Å². The van der Waals surface area contributed by atoms with Crippen molar-refractivity contribution in [3.8, 4) is 0 Å². The lowest BCUT2D eigenvalue weighted by molar-refractivity contribution is 0.501. The molecule has 0 saturated carbocycles. The molecular weight excluding hydrogens is 268 g/mol. The highest BCUT2D eigenvalue weighted by atomic mass is 32.1. The van der Waals surface area contributed by atoms with Crippen LogP contribution in [0.4, 0.5) is 0 Å². The van der Waals surface area contributed by atoms with E-state index in [1.165, 1.54) is 16.7 Å². The Morgan fingerprint density at radius 3 is 2.75 bits per heavy atom. The second-order valence-corrected chi connectivity index (χ2v) is 5.40. The SMILES string of the molecule is Cc1ccc([C@@H](C)NC(=S)NCc2ccco2)c(C)c1. The van der Waals surface area contributed by atoms with Crippen molar-refractivity contribution < 1.29 is 4.42 Å². The molecule has 0 spiro atoms. The van der Waals surface area contributed by atoms with Gasteiger partial charge in [0, 0.05) is 0 Å². The average molecular weight is 288 g/mol. The van der Waals surface area contributed by atoms with Crippen LogP contribution in [0.5, 0.6) is 0 Å². The van der Waals surface area contributed by atoms with E-state index in [0.29, 0.717) is 11.7 Å². The van der Waals surface area contributed by atoms with Crippen LogP contribution >= 0.6 is 12.2 Å². The fourth-order valence-electron chi connectivity index (χ4n) is 2.22. The van der Waals surface area contributed by atoms with Gasteiger partial charge in [-0.1, -0.05) is 23.8 Å². The first-order valence-electron chi connectivity index (χ1n) is 6.70. The van der Waals surface area contributed by atoms with Gasteiger partial charge in [-0.25, -0.2) is 0 Å². The molecule has 3 nitrogen and oxygen atoms in total. The summed E-state index contributed by atoms with van der Waals surface area (Å²) in [5, 5.41) is 7.07. The molecule has 20 heavy (non-hydrogen) atoms. The molecule has 1 heterocycles. The second kappa shape index (κ2) is 6.57. The molecule has 0 radical (unpaired) electrons. The van der Waals surface area contributed by atoms with Gasteiger partial charge in [0.25, 0.3) is 0 Å². The van der Waals surface area contributed by atoms with Crippen LogP contribution in [-0.2, 0) is 6.54 Å². The Morgan fingerprint density at radius 1 is 1.30 bits per heavy atom. The average Bonchev–Trinajstić information content (AvgIpc) is 2.89. The van der Waals surface area contributed by atoms with Crippen molar-refractivity contribution in [3.05, 3.63) is 59.0 Å². The third-order valence-corrected chi connectivity index (χ3v) is 3.50. The van der Waals surface area contributed by atoms with Crippen LogP contribution in [0.1, 0.15) is 35.4 Å². The number of furan rings is 1. The van der Waals surface area contributed by atoms with Gasteiger partial charge in [-0.2, -0.15) is 0 Å². The van der Waals surface area contributed by atoms with Crippen molar-refractivity contribution in [2.75, 3.05) is 0 Å². The molecule has 2 N–H and O–H groups in total. The minimum absolute atomic E-state index is 0.173. The van der Waals surface area contributed by atoms with E-state index in [1.807, 2.05) is 12.1 Å². The fourth-order valence-corrected chi connectivity index (χ4v) is 2.47. The molecule has 4 heteroatoms. The van der Waals surface area contributed by atoms with Crippen LogP contribution in [0.3, 0.4) is 0 Å². The van der Waals surface area contributed by atoms with E-state index >= 15 is 0 Å². The summed E-state index contributed by atoms with van der Waals surface area (Å²) in [6, 6.07) is 10.4. The standard InChI is InChI=1S/C16H20N2OS/c1-11-6-7-15(12(2)9-11)13(3)18-16(20)17-10-14-5-4-8-19-14/h4-9,13H,10H2,1-3H3,(H2,17,18,20)/t13-/m1/s1. The quantitative estimate of drug-likeness (QED) is 0.843. The Labute approximate surface area is 125 Å². The Balaban J connectivity index is 1.90. The van der Waals surface area contributed by atoms with Crippen LogP contribution in [0, 0.1) is 13.8 Å². The van der Waals surface area contributed by atoms with E-state index in [1.54, 1.807) is 6.26 Å². The first-order chi connectivity index (χ1) is 9.56. The van der Waals surface area contributed by atoms with Crippen LogP contribution < -0.4 is 10.6 Å². The summed E-state index contributed by atoms with van der Waals surface area (Å²) in [5.74, 6) is 0.869. The molecule has 0 aliphatic heterocycles. The maximum atomic E-state index is 5.31. The summed E-state index contributed by atoms with van der Waals surface area (Å²) in [7, 11) is 0. The van der Waals surface area contributed by atoms with Gasteiger partial charge in [-0.15, -0.1) is 0 Å². The maximum absolute atomic E-state index is 5.31. The molecular formula is C16H20N2OS. The Kier molecular flexibility index (Phi) is 4.79. The molecule has 2 rings (SSSR count). The minimum Gasteiger partial charge on any atom is -0.467 e. The third kappa shape index (κ3) is 3.84. The largest absolute Gasteiger partial charge is 0.467 e. The molecule has 0 fully saturated rings. The lowest BCUT2D eigenvalue weighted by Gasteiger charge is -2.19. The predicted molar refractivity (Wildman–Crippen MR) is 85.6 cm³/mol. The van der Waals surface area contributed by atoms with Gasteiger partial charge >= 0.3 is 0 Å². The predicted octanol–water partition coefficient (Wildman–Crippen LogP) is 3.62. The van der Waals surface area contributed by atoms with Gasteiger partial charge in [0.15, 0.2) is 5.11 Å². The zero-order valence-electron chi connectivity index (χ0n) is 12.1. The van der Waals surface area contributed by atoms with Crippen LogP contribution in [-0.4, -0.2) is 5.11 Å². The number of benzene rings is 1. The van der Waals surface area contributed by atoms with Crippen molar-refractivity contribution in [2.24, 2.45) is 0 Å². The smallest absolute Gasteiger partial charge is 0.167 e. The Bertz CT molecular complexity index is 578. The van der Waals surface area contributed by atoms with Crippen molar-refractivity contribution in [3.63, 3.8) is 0 Å². The normalized spacial score (nSPS) is 11.9. The van der Waals surface area contributed by atoms with E-state index < -0.39 is 0 Å². The molecule has 0 aliphatic carbocycles. The number of hydrogen-bond donors (Lipinski definition) is 2. The highest BCUT2D eigenvalue weighted by Gasteiger charge is 2.09. The topological polar surface area (TPSA) is 37.2 Å². The summed E-state index contributed by atoms with van der Waals surface area (Å²) in [6.45, 7) is 6.93. The molecule has 0 bridgehead atoms. The number of hydrogen-bond acceptors (Lipinski definition) is 2. The summed E-state index contributed by atoms with van der Waals surface area (Å²) in [5.41, 5.74) is 3.81. The van der Waals surface area contributed by atoms with Gasteiger partial charge in [-0.05, 0) is 56.2 Å². The summed E-state index contributed by atoms with van der Waals surface area (Å²) in [6.07, 6.45) is 1.66. The monoisotopic (exact) mass is 288 g/mol. The highest BCUT2D eigenvalue weighted by molar-refractivity contribution is 7.80. The van der Waals surface area contributed by atoms with E-state index in [2.05, 4.69) is 49.6 Å². The molecule has 1 aromatic carbocycles. The summed E-state index contributed by atoms with van der Waals surface area (Å²) >= 11 is 5.31. The van der Waals surface area contributed by atoms with E-state index in [4.69, 9.17) is 16.6 Å². The molecule has 1 atom stereocenters. The van der Waals surface area contributed by atoms with Gasteiger partial charge in [0.2, 0.25) is 0 Å². The van der Waals surface area contributed by atoms with E-state index in [-0.39, 0.29) is 6.04 Å². The van der Waals surface area contributed by atoms with Gasteiger partial charge < -0.3 is 15.1 Å². The van der Waals surface area contributed by atoms with Crippen LogP contribution in [0.2, 0.25) is 0 Å². The lowest BCUT2D eigenvalue weighted by Crippen LogP contribution is -2.36. The van der Waals surface area contributed by atoms with Gasteiger partial charge in [-0.3, -0.25) is 0 Å². The molecule has 0 amide bonds. The first-order valence-corrected chi connectivity index (χ1v) is 7.11. The summed E-state index contributed by atoms with van der Waals surface area (Å²) in [4.78, 5) is 0. The molecule has 1 aromatic heterocycles. The highest BCUT2D eigenvalue weighted by Crippen LogP contribution is 2.18. The van der Waals surface area contributed by atoms with Gasteiger partial charge in [0.1, 0.15) is 5.76 Å². The number of nitrogens with one attached hydrogen (secondary N) is 2. The fraction of sp³-hybridized carbons (Fsp3) is 0.312. The minimum atomic E-state index is 0.173. The summed E-state index contributed by atoms with van der Waals surface area (Å²) < 4.78 is 5.26. The van der Waals surface area contributed by atoms with Crippen molar-refractivity contribution >= 4 is 17.3 Å². The van der Waals surface area contributed by atoms with Crippen molar-refractivity contribution in [1.82, 2.24) is 10.6 Å². The van der Waals surface area contributed by atoms with E-state index in [9.17, 15) is 0 Å². The molecule has 0 unspecified atom stereocenters. The van der Waals surface area contributed by atoms with Crippen LogP contribution in [0.25, 0.3) is 0 Å². The molecule has 106 valence electrons. The number of rotatable bonds is 4. The Morgan fingerprint density at radius 2 is 2.10 bits per heavy atom. The van der Waals surface area contributed by atoms with E-state index in [0.717, 1.165) is 5.76 Å². The Hall–Kier alpha value is -1.81. The van der Waals surface area contributed by atoms with Crippen molar-refractivity contribution in [1.29, 1.82) is 0 Å². The second-order valence-electron chi connectivity index (χ2n) is 4.99. The lowest BCUT2D eigenvalue weighted by atomic mass is 10.0.